The fourth-order valence-electron chi connectivity index (χ4n) is 2.12. The average Bonchev–Trinajstić information content (AvgIpc) is 2.36. The third-order valence-electron chi connectivity index (χ3n) is 3.36. The summed E-state index contributed by atoms with van der Waals surface area (Å²) in [6, 6.07) is 0. The molecular weight excluding hydrogens is 367 g/mol. The number of amides is 1. The van der Waals surface area contributed by atoms with Gasteiger partial charge in [0, 0.05) is 18.4 Å². The van der Waals surface area contributed by atoms with Crippen LogP contribution < -0.4 is 0 Å². The minimum absolute atomic E-state index is 0.360. The summed E-state index contributed by atoms with van der Waals surface area (Å²) in [5, 5.41) is 0.444. The van der Waals surface area contributed by atoms with Gasteiger partial charge in [0.25, 0.3) is 0 Å². The minimum atomic E-state index is -4.22. The maximum absolute atomic E-state index is 12.2. The third kappa shape index (κ3) is 6.73. The van der Waals surface area contributed by atoms with Crippen LogP contribution in [-0.4, -0.2) is 53.4 Å². The van der Waals surface area contributed by atoms with E-state index < -0.39 is 29.9 Å². The zero-order valence-corrected chi connectivity index (χ0v) is 14.7. The number of halogens is 4. The number of piperidine rings is 1. The van der Waals surface area contributed by atoms with E-state index in [2.05, 4.69) is 15.9 Å². The first kappa shape index (κ1) is 19.5. The van der Waals surface area contributed by atoms with Gasteiger partial charge in [-0.05, 0) is 33.6 Å². The Balaban J connectivity index is 2.48. The molecule has 0 spiro atoms. The number of carbonyl (C=O) groups is 1. The summed E-state index contributed by atoms with van der Waals surface area (Å²) in [4.78, 5) is 13.5. The lowest BCUT2D eigenvalue weighted by Gasteiger charge is -2.41. The van der Waals surface area contributed by atoms with E-state index in [4.69, 9.17) is 9.47 Å². The van der Waals surface area contributed by atoms with Crippen LogP contribution in [0.2, 0.25) is 0 Å². The molecule has 0 aliphatic carbocycles. The third-order valence-corrected chi connectivity index (χ3v) is 4.39. The quantitative estimate of drug-likeness (QED) is 0.678. The summed E-state index contributed by atoms with van der Waals surface area (Å²) in [7, 11) is 0. The molecule has 0 N–H and O–H groups in total. The van der Waals surface area contributed by atoms with Gasteiger partial charge in [-0.3, -0.25) is 0 Å². The van der Waals surface area contributed by atoms with Crippen molar-refractivity contribution in [2.24, 2.45) is 0 Å². The minimum Gasteiger partial charge on any atom is -0.444 e. The second-order valence-corrected chi connectivity index (χ2v) is 7.06. The van der Waals surface area contributed by atoms with E-state index in [-0.39, 0.29) is 6.61 Å². The Labute approximate surface area is 137 Å². The smallest absolute Gasteiger partial charge is 0.410 e. The fourth-order valence-corrected chi connectivity index (χ4v) is 2.85. The predicted molar refractivity (Wildman–Crippen MR) is 80.2 cm³/mol. The van der Waals surface area contributed by atoms with Crippen molar-refractivity contribution in [3.8, 4) is 0 Å². The van der Waals surface area contributed by atoms with Crippen molar-refractivity contribution in [1.29, 1.82) is 0 Å². The molecule has 0 radical (unpaired) electrons. The monoisotopic (exact) mass is 389 g/mol. The van der Waals surface area contributed by atoms with E-state index in [1.165, 1.54) is 0 Å². The van der Waals surface area contributed by atoms with Crippen LogP contribution in [0.15, 0.2) is 0 Å². The number of carbonyl (C=O) groups excluding carboxylic acids is 1. The normalized spacial score (nSPS) is 19.1. The number of ether oxygens (including phenoxy) is 2. The molecule has 8 heteroatoms. The Morgan fingerprint density at radius 1 is 1.23 bits per heavy atom. The molecule has 0 aromatic carbocycles. The Morgan fingerprint density at radius 3 is 2.18 bits per heavy atom. The van der Waals surface area contributed by atoms with Crippen LogP contribution in [0, 0.1) is 0 Å². The van der Waals surface area contributed by atoms with E-state index >= 15 is 0 Å². The van der Waals surface area contributed by atoms with E-state index in [1.807, 2.05) is 0 Å². The largest absolute Gasteiger partial charge is 0.444 e. The van der Waals surface area contributed by atoms with Crippen molar-refractivity contribution < 1.29 is 27.4 Å². The summed E-state index contributed by atoms with van der Waals surface area (Å²) in [5.74, 6) is 0. The van der Waals surface area contributed by atoms with Gasteiger partial charge < -0.3 is 14.4 Å². The van der Waals surface area contributed by atoms with Crippen molar-refractivity contribution in [1.82, 2.24) is 4.90 Å². The Kier molecular flexibility index (Phi) is 6.56. The van der Waals surface area contributed by atoms with Crippen LogP contribution in [-0.2, 0) is 9.47 Å². The molecule has 22 heavy (non-hydrogen) atoms. The second kappa shape index (κ2) is 7.38. The van der Waals surface area contributed by atoms with Crippen LogP contribution in [0.1, 0.15) is 40.0 Å². The zero-order valence-electron chi connectivity index (χ0n) is 13.1. The van der Waals surface area contributed by atoms with Crippen LogP contribution >= 0.6 is 15.9 Å². The summed E-state index contributed by atoms with van der Waals surface area (Å²) < 4.78 is 47.4. The number of alkyl halides is 4. The standard InChI is InChI=1S/C14H23BrF3NO3/c1-12(2,3)22-11(20)19-7-4-13(10-15,5-8-19)21-9-6-14(16,17)18/h4-10H2,1-3H3. The van der Waals surface area contributed by atoms with Crippen LogP contribution in [0.4, 0.5) is 18.0 Å². The number of rotatable bonds is 4. The molecule has 0 saturated carbocycles. The van der Waals surface area contributed by atoms with Gasteiger partial charge >= 0.3 is 12.3 Å². The van der Waals surface area contributed by atoms with Crippen molar-refractivity contribution in [2.45, 2.75) is 57.4 Å². The Morgan fingerprint density at radius 2 is 1.77 bits per heavy atom. The summed E-state index contributed by atoms with van der Waals surface area (Å²) in [5.41, 5.74) is -1.21. The van der Waals surface area contributed by atoms with Gasteiger partial charge in [0.15, 0.2) is 0 Å². The highest BCUT2D eigenvalue weighted by atomic mass is 79.9. The highest BCUT2D eigenvalue weighted by molar-refractivity contribution is 9.09. The molecule has 1 fully saturated rings. The number of nitrogens with zero attached hydrogens (tertiary/aromatic N) is 1. The van der Waals surface area contributed by atoms with Gasteiger partial charge in [0.2, 0.25) is 0 Å². The molecular formula is C14H23BrF3NO3. The topological polar surface area (TPSA) is 38.8 Å². The van der Waals surface area contributed by atoms with Gasteiger partial charge in [0.05, 0.1) is 18.6 Å². The molecule has 1 rings (SSSR count). The van der Waals surface area contributed by atoms with Crippen LogP contribution in [0.5, 0.6) is 0 Å². The lowest BCUT2D eigenvalue weighted by Crippen LogP contribution is -2.50. The average molecular weight is 390 g/mol. The van der Waals surface area contributed by atoms with Gasteiger partial charge in [0.1, 0.15) is 5.60 Å². The number of hydrogen-bond acceptors (Lipinski definition) is 3. The van der Waals surface area contributed by atoms with Crippen molar-refractivity contribution in [2.75, 3.05) is 25.0 Å². The second-order valence-electron chi connectivity index (χ2n) is 6.50. The maximum Gasteiger partial charge on any atom is 0.410 e. The van der Waals surface area contributed by atoms with E-state index in [9.17, 15) is 18.0 Å². The Hall–Kier alpha value is -0.500. The van der Waals surface area contributed by atoms with Gasteiger partial charge in [-0.15, -0.1) is 0 Å². The molecule has 0 bridgehead atoms. The first-order chi connectivity index (χ1) is 9.96. The molecule has 1 amide bonds. The summed E-state index contributed by atoms with van der Waals surface area (Å²) in [6.07, 6.45) is -4.61. The molecule has 4 nitrogen and oxygen atoms in total. The predicted octanol–water partition coefficient (Wildman–Crippen LogP) is 4.12. The van der Waals surface area contributed by atoms with Crippen LogP contribution in [0.25, 0.3) is 0 Å². The molecule has 0 atom stereocenters. The van der Waals surface area contributed by atoms with E-state index in [0.29, 0.717) is 31.3 Å². The van der Waals surface area contributed by atoms with Crippen LogP contribution in [0.3, 0.4) is 0 Å². The zero-order chi connectivity index (χ0) is 17.0. The fraction of sp³-hybridized carbons (Fsp3) is 0.929. The van der Waals surface area contributed by atoms with E-state index in [0.717, 1.165) is 0 Å². The molecule has 0 aromatic heterocycles. The molecule has 1 saturated heterocycles. The molecule has 0 unspecified atom stereocenters. The van der Waals surface area contributed by atoms with Crippen molar-refractivity contribution in [3.05, 3.63) is 0 Å². The first-order valence-corrected chi connectivity index (χ1v) is 8.33. The van der Waals surface area contributed by atoms with Gasteiger partial charge in [-0.25, -0.2) is 4.79 Å². The van der Waals surface area contributed by atoms with Crippen molar-refractivity contribution in [3.63, 3.8) is 0 Å². The molecule has 1 heterocycles. The molecule has 130 valence electrons. The molecule has 1 aliphatic heterocycles. The highest BCUT2D eigenvalue weighted by Crippen LogP contribution is 2.30. The number of hydrogen-bond donors (Lipinski definition) is 0. The van der Waals surface area contributed by atoms with E-state index in [1.54, 1.807) is 25.7 Å². The lowest BCUT2D eigenvalue weighted by atomic mass is 9.93. The SMILES string of the molecule is CC(C)(C)OC(=O)N1CCC(CBr)(OCCC(F)(F)F)CC1. The summed E-state index contributed by atoms with van der Waals surface area (Å²) in [6.45, 7) is 5.83. The lowest BCUT2D eigenvalue weighted by molar-refractivity contribution is -0.160. The van der Waals surface area contributed by atoms with Crippen molar-refractivity contribution >= 4 is 22.0 Å². The highest BCUT2D eigenvalue weighted by Gasteiger charge is 2.38. The van der Waals surface area contributed by atoms with Gasteiger partial charge in [-0.2, -0.15) is 13.2 Å². The molecule has 1 aliphatic rings. The first-order valence-electron chi connectivity index (χ1n) is 7.21. The maximum atomic E-state index is 12.2. The Bertz CT molecular complexity index is 375. The molecule has 0 aromatic rings. The van der Waals surface area contributed by atoms with Gasteiger partial charge in [-0.1, -0.05) is 15.9 Å². The number of likely N-dealkylation sites (tertiary alicyclic amines) is 1. The summed E-state index contributed by atoms with van der Waals surface area (Å²) >= 11 is 3.31.